The Morgan fingerprint density at radius 1 is 1.18 bits per heavy atom. The summed E-state index contributed by atoms with van der Waals surface area (Å²) >= 11 is 7.31. The molecule has 0 radical (unpaired) electrons. The van der Waals surface area contributed by atoms with E-state index in [0.717, 1.165) is 23.9 Å². The van der Waals surface area contributed by atoms with E-state index in [2.05, 4.69) is 22.6 Å². The summed E-state index contributed by atoms with van der Waals surface area (Å²) in [5.74, 6) is 0.0456. The van der Waals surface area contributed by atoms with Crippen molar-refractivity contribution >= 4 is 39.9 Å². The molecule has 3 aromatic rings. The maximum absolute atomic E-state index is 12.8. The van der Waals surface area contributed by atoms with Crippen LogP contribution in [0.1, 0.15) is 20.8 Å². The van der Waals surface area contributed by atoms with Crippen LogP contribution in [-0.4, -0.2) is 21.7 Å². The molecule has 0 saturated heterocycles. The zero-order valence-corrected chi connectivity index (χ0v) is 13.3. The zero-order chi connectivity index (χ0) is 15.1. The monoisotopic (exact) mass is 328 g/mol. The van der Waals surface area contributed by atoms with Gasteiger partial charge in [0.25, 0.3) is 5.91 Å². The first-order chi connectivity index (χ1) is 10.7. The lowest BCUT2D eigenvalue weighted by Gasteiger charge is -2.28. The van der Waals surface area contributed by atoms with Crippen molar-refractivity contribution in [3.63, 3.8) is 0 Å². The number of nitrogens with zero attached hydrogens (tertiary/aromatic N) is 2. The molecule has 0 spiro atoms. The molecule has 2 aromatic carbocycles. The summed E-state index contributed by atoms with van der Waals surface area (Å²) in [6, 6.07) is 13.8. The predicted molar refractivity (Wildman–Crippen MR) is 89.5 cm³/mol. The first-order valence-corrected chi connectivity index (χ1v) is 8.28. The number of carbonyl (C=O) groups excluding carboxylic acids is 1. The molecule has 0 unspecified atom stereocenters. The fourth-order valence-corrected chi connectivity index (χ4v) is 3.87. The first-order valence-electron chi connectivity index (χ1n) is 7.13. The Bertz CT molecular complexity index is 874. The van der Waals surface area contributed by atoms with Crippen LogP contribution in [0.2, 0.25) is 5.02 Å². The van der Waals surface area contributed by atoms with Gasteiger partial charge in [-0.1, -0.05) is 35.9 Å². The van der Waals surface area contributed by atoms with Crippen LogP contribution in [0.15, 0.2) is 42.5 Å². The SMILES string of the molecule is O=C(c1snc2ccc(Cl)cc12)N1CCc2ccccc2C1. The smallest absolute Gasteiger partial charge is 0.266 e. The highest BCUT2D eigenvalue weighted by molar-refractivity contribution is 7.09. The molecule has 0 aliphatic carbocycles. The third-order valence-electron chi connectivity index (χ3n) is 4.05. The number of hydrogen-bond acceptors (Lipinski definition) is 3. The van der Waals surface area contributed by atoms with Crippen LogP contribution in [0, 0.1) is 0 Å². The summed E-state index contributed by atoms with van der Waals surface area (Å²) in [6.45, 7) is 1.41. The van der Waals surface area contributed by atoms with Gasteiger partial charge in [0.15, 0.2) is 0 Å². The summed E-state index contributed by atoms with van der Waals surface area (Å²) in [5.41, 5.74) is 3.40. The van der Waals surface area contributed by atoms with Gasteiger partial charge in [0.1, 0.15) is 4.88 Å². The Labute approximate surface area is 137 Å². The van der Waals surface area contributed by atoms with E-state index in [1.54, 1.807) is 6.07 Å². The molecule has 1 aliphatic heterocycles. The van der Waals surface area contributed by atoms with Crippen molar-refractivity contribution < 1.29 is 4.79 Å². The quantitative estimate of drug-likeness (QED) is 0.672. The molecule has 110 valence electrons. The molecule has 0 fully saturated rings. The summed E-state index contributed by atoms with van der Waals surface area (Å²) in [7, 11) is 0. The second-order valence-electron chi connectivity index (χ2n) is 5.42. The number of carbonyl (C=O) groups is 1. The number of aromatic nitrogens is 1. The van der Waals surface area contributed by atoms with Crippen molar-refractivity contribution in [1.29, 1.82) is 0 Å². The van der Waals surface area contributed by atoms with E-state index >= 15 is 0 Å². The Kier molecular flexibility index (Phi) is 3.36. The van der Waals surface area contributed by atoms with E-state index in [4.69, 9.17) is 11.6 Å². The average Bonchev–Trinajstić information content (AvgIpc) is 2.96. The van der Waals surface area contributed by atoms with Gasteiger partial charge in [0, 0.05) is 23.5 Å². The maximum atomic E-state index is 12.8. The summed E-state index contributed by atoms with van der Waals surface area (Å²) in [5, 5.41) is 1.48. The van der Waals surface area contributed by atoms with Crippen LogP contribution >= 0.6 is 23.1 Å². The number of amides is 1. The van der Waals surface area contributed by atoms with Crippen LogP contribution in [0.4, 0.5) is 0 Å². The number of hydrogen-bond donors (Lipinski definition) is 0. The predicted octanol–water partition coefficient (Wildman–Crippen LogP) is 4.15. The average molecular weight is 329 g/mol. The van der Waals surface area contributed by atoms with Crippen LogP contribution in [-0.2, 0) is 13.0 Å². The molecule has 3 nitrogen and oxygen atoms in total. The van der Waals surface area contributed by atoms with Gasteiger partial charge < -0.3 is 4.90 Å². The minimum Gasteiger partial charge on any atom is -0.333 e. The highest BCUT2D eigenvalue weighted by atomic mass is 35.5. The largest absolute Gasteiger partial charge is 0.333 e. The molecule has 22 heavy (non-hydrogen) atoms. The van der Waals surface area contributed by atoms with Crippen molar-refractivity contribution in [2.24, 2.45) is 0 Å². The van der Waals surface area contributed by atoms with Gasteiger partial charge in [-0.05, 0) is 47.3 Å². The highest BCUT2D eigenvalue weighted by Crippen LogP contribution is 2.28. The van der Waals surface area contributed by atoms with E-state index in [1.165, 1.54) is 22.7 Å². The standard InChI is InChI=1S/C17H13ClN2OS/c18-13-5-6-15-14(9-13)16(22-19-15)17(21)20-8-7-11-3-1-2-4-12(11)10-20/h1-6,9H,7-8,10H2. The van der Waals surface area contributed by atoms with Crippen molar-refractivity contribution in [3.05, 3.63) is 63.5 Å². The minimum absolute atomic E-state index is 0.0456. The summed E-state index contributed by atoms with van der Waals surface area (Å²) < 4.78 is 4.36. The topological polar surface area (TPSA) is 33.2 Å². The third-order valence-corrected chi connectivity index (χ3v) is 5.15. The van der Waals surface area contributed by atoms with Crippen LogP contribution < -0.4 is 0 Å². The van der Waals surface area contributed by atoms with Gasteiger partial charge in [-0.2, -0.15) is 4.37 Å². The Balaban J connectivity index is 1.68. The summed E-state index contributed by atoms with van der Waals surface area (Å²) in [6.07, 6.45) is 0.902. The van der Waals surface area contributed by atoms with Crippen molar-refractivity contribution in [3.8, 4) is 0 Å². The number of rotatable bonds is 1. The van der Waals surface area contributed by atoms with E-state index < -0.39 is 0 Å². The molecule has 0 N–H and O–H groups in total. The molecule has 1 aliphatic rings. The molecule has 5 heteroatoms. The van der Waals surface area contributed by atoms with Gasteiger partial charge in [0.05, 0.1) is 5.52 Å². The molecule has 2 heterocycles. The lowest BCUT2D eigenvalue weighted by atomic mass is 10.00. The van der Waals surface area contributed by atoms with Crippen molar-refractivity contribution in [1.82, 2.24) is 9.27 Å². The molecule has 1 aromatic heterocycles. The van der Waals surface area contributed by atoms with E-state index in [1.807, 2.05) is 23.1 Å². The molecular formula is C17H13ClN2OS. The van der Waals surface area contributed by atoms with Gasteiger partial charge in [-0.25, -0.2) is 0 Å². The molecule has 4 rings (SSSR count). The second-order valence-corrected chi connectivity index (χ2v) is 6.63. The van der Waals surface area contributed by atoms with Crippen LogP contribution in [0.3, 0.4) is 0 Å². The molecule has 0 bridgehead atoms. The third kappa shape index (κ3) is 2.28. The highest BCUT2D eigenvalue weighted by Gasteiger charge is 2.24. The zero-order valence-electron chi connectivity index (χ0n) is 11.8. The van der Waals surface area contributed by atoms with Gasteiger partial charge in [0.2, 0.25) is 0 Å². The molecule has 1 amide bonds. The van der Waals surface area contributed by atoms with Gasteiger partial charge in [-0.15, -0.1) is 0 Å². The van der Waals surface area contributed by atoms with Crippen LogP contribution in [0.25, 0.3) is 10.9 Å². The van der Waals surface area contributed by atoms with Gasteiger partial charge >= 0.3 is 0 Å². The normalized spacial score (nSPS) is 14.1. The van der Waals surface area contributed by atoms with Crippen molar-refractivity contribution in [2.45, 2.75) is 13.0 Å². The lowest BCUT2D eigenvalue weighted by molar-refractivity contribution is 0.0741. The first kappa shape index (κ1) is 13.7. The fraction of sp³-hybridized carbons (Fsp3) is 0.176. The Morgan fingerprint density at radius 2 is 2.00 bits per heavy atom. The Hall–Kier alpha value is -1.91. The van der Waals surface area contributed by atoms with Crippen molar-refractivity contribution in [2.75, 3.05) is 6.54 Å². The van der Waals surface area contributed by atoms with E-state index in [0.29, 0.717) is 16.4 Å². The summed E-state index contributed by atoms with van der Waals surface area (Å²) in [4.78, 5) is 15.4. The van der Waals surface area contributed by atoms with E-state index in [9.17, 15) is 4.79 Å². The molecule has 0 saturated carbocycles. The molecule has 0 atom stereocenters. The number of halogens is 1. The Morgan fingerprint density at radius 3 is 2.86 bits per heavy atom. The maximum Gasteiger partial charge on any atom is 0.266 e. The minimum atomic E-state index is 0.0456. The molecular weight excluding hydrogens is 316 g/mol. The number of fused-ring (bicyclic) bond motifs is 2. The van der Waals surface area contributed by atoms with Crippen LogP contribution in [0.5, 0.6) is 0 Å². The van der Waals surface area contributed by atoms with Gasteiger partial charge in [-0.3, -0.25) is 4.79 Å². The van der Waals surface area contributed by atoms with E-state index in [-0.39, 0.29) is 5.91 Å². The lowest BCUT2D eigenvalue weighted by Crippen LogP contribution is -2.35. The second kappa shape index (κ2) is 5.38. The number of benzene rings is 2. The fourth-order valence-electron chi connectivity index (χ4n) is 2.88.